The molecule has 1 aromatic rings. The minimum Gasteiger partial charge on any atom is -0.493 e. The van der Waals surface area contributed by atoms with E-state index in [0.717, 1.165) is 13.2 Å². The largest absolute Gasteiger partial charge is 0.493 e. The normalized spacial score (nSPS) is 11.7. The average molecular weight is 348 g/mol. The second-order valence-electron chi connectivity index (χ2n) is 4.63. The van der Waals surface area contributed by atoms with Crippen LogP contribution in [0.25, 0.3) is 0 Å². The number of carboxylic acid groups (broad SMARTS) is 1. The van der Waals surface area contributed by atoms with Crippen LogP contribution in [0, 0.1) is 10.1 Å². The van der Waals surface area contributed by atoms with Gasteiger partial charge in [0.25, 0.3) is 11.6 Å². The van der Waals surface area contributed by atoms with E-state index in [1.807, 2.05) is 0 Å². The number of nitrogens with zero attached hydrogens (tertiary/aromatic N) is 1. The minimum atomic E-state index is -3.24. The molecule has 2 N–H and O–H groups in total. The summed E-state index contributed by atoms with van der Waals surface area (Å²) in [6.07, 6.45) is -0.400. The number of nitro groups is 1. The van der Waals surface area contributed by atoms with Crippen LogP contribution in [0.3, 0.4) is 0 Å². The van der Waals surface area contributed by atoms with E-state index < -0.39 is 52.9 Å². The maximum absolute atomic E-state index is 12.3. The predicted octanol–water partition coefficient (Wildman–Crippen LogP) is 1.80. The van der Waals surface area contributed by atoms with Gasteiger partial charge >= 0.3 is 12.6 Å². The molecule has 24 heavy (non-hydrogen) atoms. The fraction of sp³-hybridized carbons (Fsp3) is 0.385. The maximum atomic E-state index is 12.3. The minimum absolute atomic E-state index is 0.308. The van der Waals surface area contributed by atoms with Gasteiger partial charge in [0.05, 0.1) is 24.5 Å². The van der Waals surface area contributed by atoms with Crippen LogP contribution in [-0.2, 0) is 4.79 Å². The summed E-state index contributed by atoms with van der Waals surface area (Å²) in [7, 11) is 1.11. The zero-order valence-electron chi connectivity index (χ0n) is 12.6. The van der Waals surface area contributed by atoms with Gasteiger partial charge in [-0.1, -0.05) is 0 Å². The lowest BCUT2D eigenvalue weighted by molar-refractivity contribution is -0.385. The van der Waals surface area contributed by atoms with Gasteiger partial charge in [-0.3, -0.25) is 19.7 Å². The first-order chi connectivity index (χ1) is 11.1. The molecule has 0 aliphatic rings. The Kier molecular flexibility index (Phi) is 6.38. The van der Waals surface area contributed by atoms with Crippen molar-refractivity contribution < 1.29 is 37.9 Å². The molecule has 0 aliphatic heterocycles. The van der Waals surface area contributed by atoms with E-state index >= 15 is 0 Å². The molecule has 0 saturated carbocycles. The van der Waals surface area contributed by atoms with Crippen LogP contribution < -0.4 is 14.8 Å². The predicted molar refractivity (Wildman–Crippen MR) is 75.5 cm³/mol. The molecule has 0 heterocycles. The maximum Gasteiger partial charge on any atom is 0.387 e. The third kappa shape index (κ3) is 5.04. The molecule has 1 aromatic carbocycles. The summed E-state index contributed by atoms with van der Waals surface area (Å²) >= 11 is 0. The molecule has 0 radical (unpaired) electrons. The van der Waals surface area contributed by atoms with Gasteiger partial charge in [-0.15, -0.1) is 0 Å². The van der Waals surface area contributed by atoms with Crippen LogP contribution in [0.1, 0.15) is 23.7 Å². The van der Waals surface area contributed by atoms with Crippen molar-refractivity contribution in [2.75, 3.05) is 7.11 Å². The van der Waals surface area contributed by atoms with E-state index in [0.29, 0.717) is 6.07 Å². The number of alkyl halides is 2. The highest BCUT2D eigenvalue weighted by atomic mass is 19.3. The molecule has 1 atom stereocenters. The fourth-order valence-electron chi connectivity index (χ4n) is 1.84. The fourth-order valence-corrected chi connectivity index (χ4v) is 1.84. The molecule has 1 amide bonds. The summed E-state index contributed by atoms with van der Waals surface area (Å²) in [6, 6.07) is 0.707. The number of hydrogen-bond donors (Lipinski definition) is 2. The van der Waals surface area contributed by atoms with E-state index in [1.54, 1.807) is 0 Å². The van der Waals surface area contributed by atoms with Crippen molar-refractivity contribution >= 4 is 17.6 Å². The molecule has 9 nitrogen and oxygen atoms in total. The summed E-state index contributed by atoms with van der Waals surface area (Å²) in [5.41, 5.74) is -1.26. The van der Waals surface area contributed by atoms with Crippen LogP contribution in [-0.4, -0.2) is 41.7 Å². The Morgan fingerprint density at radius 1 is 1.38 bits per heavy atom. The zero-order chi connectivity index (χ0) is 18.4. The number of carbonyl (C=O) groups is 2. The molecular formula is C13H14F2N2O7. The Morgan fingerprint density at radius 3 is 2.46 bits per heavy atom. The molecule has 11 heteroatoms. The molecule has 0 spiro atoms. The number of amides is 1. The lowest BCUT2D eigenvalue weighted by atomic mass is 10.1. The zero-order valence-corrected chi connectivity index (χ0v) is 12.6. The third-order valence-corrected chi connectivity index (χ3v) is 2.80. The Bertz CT molecular complexity index is 651. The standard InChI is InChI=1S/C13H14F2N2O7/c1-6(3-11(18)19)16-12(20)7-4-9(23-2)10(24-13(14)15)5-8(7)17(21)22/h4-6,13H,3H2,1-2H3,(H,16,20)(H,18,19). The summed E-state index contributed by atoms with van der Waals surface area (Å²) in [6.45, 7) is -1.85. The lowest BCUT2D eigenvalue weighted by Gasteiger charge is -2.14. The van der Waals surface area contributed by atoms with Crippen molar-refractivity contribution in [1.82, 2.24) is 5.32 Å². The summed E-state index contributed by atoms with van der Waals surface area (Å²) in [4.78, 5) is 32.8. The highest BCUT2D eigenvalue weighted by molar-refractivity contribution is 5.99. The molecule has 1 unspecified atom stereocenters. The van der Waals surface area contributed by atoms with Crippen molar-refractivity contribution in [2.45, 2.75) is 26.0 Å². The molecule has 0 bridgehead atoms. The molecule has 132 valence electrons. The van der Waals surface area contributed by atoms with Gasteiger partial charge < -0.3 is 19.9 Å². The molecule has 0 aromatic heterocycles. The smallest absolute Gasteiger partial charge is 0.387 e. The van der Waals surface area contributed by atoms with Crippen LogP contribution in [0.15, 0.2) is 12.1 Å². The van der Waals surface area contributed by atoms with Crippen molar-refractivity contribution in [1.29, 1.82) is 0 Å². The Balaban J connectivity index is 3.23. The van der Waals surface area contributed by atoms with Crippen molar-refractivity contribution in [3.8, 4) is 11.5 Å². The van der Waals surface area contributed by atoms with E-state index in [9.17, 15) is 28.5 Å². The molecule has 0 saturated heterocycles. The number of halogens is 2. The Morgan fingerprint density at radius 2 is 2.00 bits per heavy atom. The molecular weight excluding hydrogens is 334 g/mol. The van der Waals surface area contributed by atoms with E-state index in [1.165, 1.54) is 6.92 Å². The van der Waals surface area contributed by atoms with E-state index in [2.05, 4.69) is 10.1 Å². The first-order valence-corrected chi connectivity index (χ1v) is 6.49. The van der Waals surface area contributed by atoms with Crippen molar-refractivity contribution in [2.24, 2.45) is 0 Å². The molecule has 1 rings (SSSR count). The van der Waals surface area contributed by atoms with Gasteiger partial charge in [-0.2, -0.15) is 8.78 Å². The number of methoxy groups -OCH3 is 1. The van der Waals surface area contributed by atoms with Crippen LogP contribution >= 0.6 is 0 Å². The second-order valence-corrected chi connectivity index (χ2v) is 4.63. The highest BCUT2D eigenvalue weighted by Crippen LogP contribution is 2.35. The number of ether oxygens (including phenoxy) is 2. The summed E-state index contributed by atoms with van der Waals surface area (Å²) in [5, 5.41) is 22.0. The topological polar surface area (TPSA) is 128 Å². The number of carboxylic acids is 1. The first kappa shape index (κ1) is 19.1. The number of nitro benzene ring substituents is 1. The van der Waals surface area contributed by atoms with E-state index in [-0.39, 0.29) is 5.75 Å². The molecule has 0 fully saturated rings. The lowest BCUT2D eigenvalue weighted by Crippen LogP contribution is -2.34. The van der Waals surface area contributed by atoms with Gasteiger partial charge in [0.2, 0.25) is 0 Å². The first-order valence-electron chi connectivity index (χ1n) is 6.49. The summed E-state index contributed by atoms with van der Waals surface area (Å²) in [5.74, 6) is -3.03. The Labute approximate surface area is 134 Å². The van der Waals surface area contributed by atoms with Crippen LogP contribution in [0.5, 0.6) is 11.5 Å². The number of nitrogens with one attached hydrogen (secondary N) is 1. The number of rotatable bonds is 8. The van der Waals surface area contributed by atoms with Gasteiger partial charge in [0.15, 0.2) is 11.5 Å². The average Bonchev–Trinajstić information content (AvgIpc) is 2.44. The van der Waals surface area contributed by atoms with Crippen LogP contribution in [0.2, 0.25) is 0 Å². The quantitative estimate of drug-likeness (QED) is 0.541. The third-order valence-electron chi connectivity index (χ3n) is 2.80. The van der Waals surface area contributed by atoms with E-state index in [4.69, 9.17) is 9.84 Å². The number of benzene rings is 1. The van der Waals surface area contributed by atoms with Gasteiger partial charge in [0.1, 0.15) is 5.56 Å². The van der Waals surface area contributed by atoms with Gasteiger partial charge in [-0.25, -0.2) is 0 Å². The number of carbonyl (C=O) groups excluding carboxylic acids is 1. The van der Waals surface area contributed by atoms with Gasteiger partial charge in [0, 0.05) is 12.1 Å². The van der Waals surface area contributed by atoms with Crippen molar-refractivity contribution in [3.63, 3.8) is 0 Å². The monoisotopic (exact) mass is 348 g/mol. The SMILES string of the molecule is COc1cc(C(=O)NC(C)CC(=O)O)c([N+](=O)[O-])cc1OC(F)F. The molecule has 0 aliphatic carbocycles. The number of aliphatic carboxylic acids is 1. The van der Waals surface area contributed by atoms with Gasteiger partial charge in [-0.05, 0) is 6.92 Å². The summed E-state index contributed by atoms with van der Waals surface area (Å²) < 4.78 is 33.6. The van der Waals surface area contributed by atoms with Crippen molar-refractivity contribution in [3.05, 3.63) is 27.8 Å². The highest BCUT2D eigenvalue weighted by Gasteiger charge is 2.26. The Hall–Kier alpha value is -2.98. The number of hydrogen-bond acceptors (Lipinski definition) is 6. The second kappa shape index (κ2) is 8.04. The van der Waals surface area contributed by atoms with Crippen LogP contribution in [0.4, 0.5) is 14.5 Å².